The zero-order valence-corrected chi connectivity index (χ0v) is 24.0. The minimum absolute atomic E-state index is 0.0462. The van der Waals surface area contributed by atoms with Crippen molar-refractivity contribution in [2.75, 3.05) is 20.8 Å². The van der Waals surface area contributed by atoms with Gasteiger partial charge in [-0.05, 0) is 51.0 Å². The first-order valence-corrected chi connectivity index (χ1v) is 15.6. The number of aliphatic hydroxyl groups excluding tert-OH is 1. The van der Waals surface area contributed by atoms with Crippen LogP contribution >= 0.6 is 11.8 Å². The molecule has 2 fully saturated rings. The molecule has 9 heteroatoms. The summed E-state index contributed by atoms with van der Waals surface area (Å²) < 4.78 is 37.1. The summed E-state index contributed by atoms with van der Waals surface area (Å²) in [5.41, 5.74) is 0.739. The molecule has 0 saturated carbocycles. The normalized spacial score (nSPS) is 36.9. The Bertz CT molecular complexity index is 830. The summed E-state index contributed by atoms with van der Waals surface area (Å²) >= 11 is 1.54. The number of fused-ring (bicyclic) bond motifs is 1. The van der Waals surface area contributed by atoms with Gasteiger partial charge in [0.25, 0.3) is 0 Å². The standard InChI is InChI=1S/C25H42O7SSi/c1-16-11-13-17(14-12-16)33-22-21-20(31-24(5,27-7)25(6,28-8)32-21)19(26)18(30-22)15-29-34(9,10)23(2,3)4/h11-14,18-22,26H,15H2,1-10H3/t18-,19-,20+,21+,22-,24+,25+/m1/s1. The van der Waals surface area contributed by atoms with Crippen molar-refractivity contribution in [2.45, 2.75) is 106 Å². The van der Waals surface area contributed by atoms with Crippen molar-refractivity contribution in [1.82, 2.24) is 0 Å². The molecule has 0 radical (unpaired) electrons. The zero-order chi connectivity index (χ0) is 25.5. The van der Waals surface area contributed by atoms with Crippen LogP contribution in [0.3, 0.4) is 0 Å². The monoisotopic (exact) mass is 514 g/mol. The van der Waals surface area contributed by atoms with Crippen LogP contribution in [-0.2, 0) is 28.1 Å². The Hall–Kier alpha value is -0.493. The Kier molecular flexibility index (Phi) is 8.35. The number of hydrogen-bond donors (Lipinski definition) is 1. The van der Waals surface area contributed by atoms with Gasteiger partial charge < -0.3 is 33.2 Å². The van der Waals surface area contributed by atoms with E-state index in [0.717, 1.165) is 4.90 Å². The van der Waals surface area contributed by atoms with Crippen molar-refractivity contribution in [3.63, 3.8) is 0 Å². The third-order valence-corrected chi connectivity index (χ3v) is 13.3. The topological polar surface area (TPSA) is 75.6 Å². The van der Waals surface area contributed by atoms with Crippen LogP contribution < -0.4 is 0 Å². The van der Waals surface area contributed by atoms with Crippen LogP contribution in [0.15, 0.2) is 29.2 Å². The molecule has 7 nitrogen and oxygen atoms in total. The number of methoxy groups -OCH3 is 2. The number of aryl methyl sites for hydroxylation is 1. The van der Waals surface area contributed by atoms with E-state index < -0.39 is 49.7 Å². The number of benzene rings is 1. The van der Waals surface area contributed by atoms with Gasteiger partial charge in [0.1, 0.15) is 29.9 Å². The van der Waals surface area contributed by atoms with Gasteiger partial charge in [-0.2, -0.15) is 0 Å². The first-order valence-electron chi connectivity index (χ1n) is 11.8. The largest absolute Gasteiger partial charge is 0.414 e. The average molecular weight is 515 g/mol. The molecule has 1 N–H and O–H groups in total. The molecule has 0 unspecified atom stereocenters. The van der Waals surface area contributed by atoms with E-state index in [2.05, 4.69) is 65.1 Å². The van der Waals surface area contributed by atoms with Gasteiger partial charge in [0.05, 0.1) is 6.61 Å². The van der Waals surface area contributed by atoms with Gasteiger partial charge in [-0.1, -0.05) is 50.2 Å². The summed E-state index contributed by atoms with van der Waals surface area (Å²) in [6.45, 7) is 16.8. The number of ether oxygens (including phenoxy) is 5. The van der Waals surface area contributed by atoms with E-state index in [-0.39, 0.29) is 11.6 Å². The zero-order valence-electron chi connectivity index (χ0n) is 22.2. The van der Waals surface area contributed by atoms with Gasteiger partial charge in [0, 0.05) is 19.1 Å². The molecule has 0 spiro atoms. The van der Waals surface area contributed by atoms with Gasteiger partial charge in [-0.15, -0.1) is 0 Å². The quantitative estimate of drug-likeness (QED) is 0.525. The molecule has 194 valence electrons. The van der Waals surface area contributed by atoms with Gasteiger partial charge in [0.15, 0.2) is 8.32 Å². The molecule has 2 aliphatic rings. The molecule has 34 heavy (non-hydrogen) atoms. The van der Waals surface area contributed by atoms with Gasteiger partial charge >= 0.3 is 0 Å². The second-order valence-electron chi connectivity index (χ2n) is 11.0. The van der Waals surface area contributed by atoms with E-state index in [4.69, 9.17) is 28.1 Å². The lowest BCUT2D eigenvalue weighted by atomic mass is 9.95. The second-order valence-corrected chi connectivity index (χ2v) is 17.0. The lowest BCUT2D eigenvalue weighted by Gasteiger charge is -2.56. The molecule has 2 aliphatic heterocycles. The molecular formula is C25H42O7SSi. The summed E-state index contributed by atoms with van der Waals surface area (Å²) in [6.07, 6.45) is -2.80. The highest BCUT2D eigenvalue weighted by atomic mass is 32.2. The Labute approximate surface area is 209 Å². The van der Waals surface area contributed by atoms with E-state index in [1.807, 2.05) is 0 Å². The van der Waals surface area contributed by atoms with Crippen molar-refractivity contribution in [3.05, 3.63) is 29.8 Å². The van der Waals surface area contributed by atoms with Crippen molar-refractivity contribution >= 4 is 20.1 Å². The molecule has 2 saturated heterocycles. The smallest absolute Gasteiger partial charge is 0.220 e. The number of hydrogen-bond acceptors (Lipinski definition) is 8. The van der Waals surface area contributed by atoms with Crippen LogP contribution in [0.2, 0.25) is 18.1 Å². The molecule has 0 amide bonds. The second kappa shape index (κ2) is 10.1. The molecule has 2 heterocycles. The molecular weight excluding hydrogens is 472 g/mol. The maximum Gasteiger partial charge on any atom is 0.220 e. The first kappa shape index (κ1) is 28.1. The van der Waals surface area contributed by atoms with E-state index in [0.29, 0.717) is 0 Å². The highest BCUT2D eigenvalue weighted by Crippen LogP contribution is 2.47. The summed E-state index contributed by atoms with van der Waals surface area (Å²) in [6, 6.07) is 8.25. The van der Waals surface area contributed by atoms with E-state index in [1.165, 1.54) is 5.56 Å². The highest BCUT2D eigenvalue weighted by molar-refractivity contribution is 7.99. The van der Waals surface area contributed by atoms with Gasteiger partial charge in [0.2, 0.25) is 11.6 Å². The summed E-state index contributed by atoms with van der Waals surface area (Å²) in [5, 5.41) is 11.4. The van der Waals surface area contributed by atoms with E-state index in [1.54, 1.807) is 39.8 Å². The molecule has 0 aromatic heterocycles. The Morgan fingerprint density at radius 2 is 1.53 bits per heavy atom. The number of aliphatic hydroxyl groups is 1. The molecule has 1 aromatic carbocycles. The fraction of sp³-hybridized carbons (Fsp3) is 0.760. The summed E-state index contributed by atoms with van der Waals surface area (Å²) in [5.74, 6) is -2.41. The van der Waals surface area contributed by atoms with Crippen LogP contribution in [-0.4, -0.2) is 75.7 Å². The van der Waals surface area contributed by atoms with Crippen LogP contribution in [0.4, 0.5) is 0 Å². The predicted octanol–water partition coefficient (Wildman–Crippen LogP) is 4.70. The number of rotatable bonds is 7. The highest BCUT2D eigenvalue weighted by Gasteiger charge is 2.62. The first-order chi connectivity index (χ1) is 15.7. The van der Waals surface area contributed by atoms with Gasteiger partial charge in [-0.25, -0.2) is 0 Å². The van der Waals surface area contributed by atoms with Crippen molar-refractivity contribution in [3.8, 4) is 0 Å². The van der Waals surface area contributed by atoms with Crippen molar-refractivity contribution < 1.29 is 33.2 Å². The Morgan fingerprint density at radius 3 is 2.03 bits per heavy atom. The minimum Gasteiger partial charge on any atom is -0.414 e. The van der Waals surface area contributed by atoms with E-state index >= 15 is 0 Å². The molecule has 7 atom stereocenters. The lowest BCUT2D eigenvalue weighted by Crippen LogP contribution is -2.72. The minimum atomic E-state index is -2.04. The number of thioether (sulfide) groups is 1. The SMILES string of the molecule is CO[C@@]1(C)O[C@H]2[C@H](O)[C@@H](CO[Si](C)(C)C(C)(C)C)O[C@H](Sc3ccc(C)cc3)[C@H]2O[C@]1(C)OC. The van der Waals surface area contributed by atoms with Crippen LogP contribution in [0.5, 0.6) is 0 Å². The van der Waals surface area contributed by atoms with E-state index in [9.17, 15) is 5.11 Å². The third kappa shape index (κ3) is 5.43. The summed E-state index contributed by atoms with van der Waals surface area (Å²) in [4.78, 5) is 1.04. The van der Waals surface area contributed by atoms with Crippen LogP contribution in [0.1, 0.15) is 40.2 Å². The molecule has 3 rings (SSSR count). The van der Waals surface area contributed by atoms with Crippen molar-refractivity contribution in [2.24, 2.45) is 0 Å². The van der Waals surface area contributed by atoms with Gasteiger partial charge in [-0.3, -0.25) is 0 Å². The average Bonchev–Trinajstić information content (AvgIpc) is 2.77. The summed E-state index contributed by atoms with van der Waals surface area (Å²) in [7, 11) is 1.06. The van der Waals surface area contributed by atoms with Crippen LogP contribution in [0.25, 0.3) is 0 Å². The van der Waals surface area contributed by atoms with Crippen molar-refractivity contribution in [1.29, 1.82) is 0 Å². The Balaban J connectivity index is 1.90. The Morgan fingerprint density at radius 1 is 1.00 bits per heavy atom. The maximum absolute atomic E-state index is 11.4. The third-order valence-electron chi connectivity index (χ3n) is 7.63. The lowest BCUT2D eigenvalue weighted by molar-refractivity contribution is -0.467. The molecule has 1 aromatic rings. The van der Waals surface area contributed by atoms with Crippen LogP contribution in [0, 0.1) is 6.92 Å². The fourth-order valence-electron chi connectivity index (χ4n) is 3.84. The molecule has 0 bridgehead atoms. The fourth-order valence-corrected chi connectivity index (χ4v) is 5.96. The molecule has 0 aliphatic carbocycles. The maximum atomic E-state index is 11.4. The predicted molar refractivity (Wildman–Crippen MR) is 135 cm³/mol.